The van der Waals surface area contributed by atoms with Crippen LogP contribution in [0.1, 0.15) is 11.4 Å². The molecule has 108 valence electrons. The fourth-order valence-corrected chi connectivity index (χ4v) is 3.33. The van der Waals surface area contributed by atoms with Crippen LogP contribution in [-0.2, 0) is 6.42 Å². The Morgan fingerprint density at radius 3 is 2.68 bits per heavy atom. The van der Waals surface area contributed by atoms with E-state index in [1.165, 1.54) is 16.9 Å². The number of aromatic nitrogens is 4. The molecule has 2 aromatic heterocycles. The molecule has 0 spiro atoms. The molecule has 0 atom stereocenters. The third kappa shape index (κ3) is 2.49. The number of hydrogen-bond acceptors (Lipinski definition) is 4. The van der Waals surface area contributed by atoms with E-state index >= 15 is 0 Å². The van der Waals surface area contributed by atoms with Gasteiger partial charge in [-0.1, -0.05) is 65.4 Å². The summed E-state index contributed by atoms with van der Waals surface area (Å²) in [6.07, 6.45) is 0.709. The van der Waals surface area contributed by atoms with Gasteiger partial charge in [-0.15, -0.1) is 10.2 Å². The standard InChI is InChI=1S/C16H11ClN4S/c17-13-8-4-7-12(10-13)15-20-21-14(18-19-16(21)22-15)9-11-5-2-1-3-6-11/h1-8,10H,9H2. The van der Waals surface area contributed by atoms with Gasteiger partial charge in [-0.3, -0.25) is 0 Å². The lowest BCUT2D eigenvalue weighted by Crippen LogP contribution is -1.97. The summed E-state index contributed by atoms with van der Waals surface area (Å²) in [5.41, 5.74) is 2.18. The van der Waals surface area contributed by atoms with E-state index in [-0.39, 0.29) is 0 Å². The Bertz CT molecular complexity index is 930. The molecule has 4 aromatic rings. The van der Waals surface area contributed by atoms with E-state index < -0.39 is 0 Å². The van der Waals surface area contributed by atoms with Crippen LogP contribution in [0.25, 0.3) is 15.5 Å². The second-order valence-electron chi connectivity index (χ2n) is 4.89. The molecule has 22 heavy (non-hydrogen) atoms. The molecule has 2 aromatic carbocycles. The molecule has 0 aliphatic carbocycles. The number of nitrogens with zero attached hydrogens (tertiary/aromatic N) is 4. The number of hydrogen-bond donors (Lipinski definition) is 0. The fourth-order valence-electron chi connectivity index (χ4n) is 2.28. The highest BCUT2D eigenvalue weighted by atomic mass is 35.5. The van der Waals surface area contributed by atoms with Crippen molar-refractivity contribution in [1.82, 2.24) is 19.8 Å². The van der Waals surface area contributed by atoms with Crippen LogP contribution in [0.2, 0.25) is 5.02 Å². The number of halogens is 1. The smallest absolute Gasteiger partial charge is 0.187 e. The lowest BCUT2D eigenvalue weighted by Gasteiger charge is -1.98. The molecule has 0 amide bonds. The molecule has 0 aliphatic heterocycles. The van der Waals surface area contributed by atoms with Gasteiger partial charge in [0.2, 0.25) is 4.96 Å². The van der Waals surface area contributed by atoms with E-state index in [4.69, 9.17) is 11.6 Å². The van der Waals surface area contributed by atoms with E-state index in [0.29, 0.717) is 11.4 Å². The van der Waals surface area contributed by atoms with Crippen LogP contribution < -0.4 is 0 Å². The van der Waals surface area contributed by atoms with Gasteiger partial charge >= 0.3 is 0 Å². The molecule has 0 aliphatic rings. The number of rotatable bonds is 3. The van der Waals surface area contributed by atoms with Gasteiger partial charge in [0.15, 0.2) is 5.82 Å². The Kier molecular flexibility index (Phi) is 3.36. The summed E-state index contributed by atoms with van der Waals surface area (Å²) in [5.74, 6) is 0.839. The Hall–Kier alpha value is -2.24. The van der Waals surface area contributed by atoms with Crippen molar-refractivity contribution in [2.24, 2.45) is 0 Å². The van der Waals surface area contributed by atoms with Crippen molar-refractivity contribution in [3.05, 3.63) is 71.0 Å². The first-order chi connectivity index (χ1) is 10.8. The quantitative estimate of drug-likeness (QED) is 0.569. The van der Waals surface area contributed by atoms with Gasteiger partial charge in [-0.25, -0.2) is 0 Å². The zero-order valence-electron chi connectivity index (χ0n) is 11.5. The summed E-state index contributed by atoms with van der Waals surface area (Å²) < 4.78 is 1.81. The summed E-state index contributed by atoms with van der Waals surface area (Å²) in [5, 5.41) is 14.7. The molecule has 0 unspecified atom stereocenters. The number of fused-ring (bicyclic) bond motifs is 1. The predicted octanol–water partition coefficient (Wildman–Crippen LogP) is 4.10. The van der Waals surface area contributed by atoms with Crippen LogP contribution in [0.15, 0.2) is 54.6 Å². The zero-order chi connectivity index (χ0) is 14.9. The van der Waals surface area contributed by atoms with Crippen LogP contribution >= 0.6 is 22.9 Å². The second kappa shape index (κ2) is 5.51. The maximum Gasteiger partial charge on any atom is 0.234 e. The lowest BCUT2D eigenvalue weighted by molar-refractivity contribution is 0.854. The summed E-state index contributed by atoms with van der Waals surface area (Å²) in [6.45, 7) is 0. The van der Waals surface area contributed by atoms with E-state index in [1.54, 1.807) is 0 Å². The highest BCUT2D eigenvalue weighted by Crippen LogP contribution is 2.27. The van der Waals surface area contributed by atoms with Gasteiger partial charge in [0.1, 0.15) is 5.01 Å². The maximum absolute atomic E-state index is 6.05. The van der Waals surface area contributed by atoms with Crippen LogP contribution in [0.3, 0.4) is 0 Å². The van der Waals surface area contributed by atoms with Crippen molar-refractivity contribution in [3.63, 3.8) is 0 Å². The Balaban J connectivity index is 1.73. The average molecular weight is 327 g/mol. The molecule has 0 N–H and O–H groups in total. The summed E-state index contributed by atoms with van der Waals surface area (Å²) in [7, 11) is 0. The lowest BCUT2D eigenvalue weighted by atomic mass is 10.1. The van der Waals surface area contributed by atoms with Crippen LogP contribution in [-0.4, -0.2) is 19.8 Å². The normalized spacial score (nSPS) is 11.1. The first-order valence-electron chi connectivity index (χ1n) is 6.80. The molecule has 4 rings (SSSR count). The highest BCUT2D eigenvalue weighted by molar-refractivity contribution is 7.19. The van der Waals surface area contributed by atoms with Crippen LogP contribution in [0.4, 0.5) is 0 Å². The molecular weight excluding hydrogens is 316 g/mol. The summed E-state index contributed by atoms with van der Waals surface area (Å²) in [6, 6.07) is 17.9. The fraction of sp³-hybridized carbons (Fsp3) is 0.0625. The molecule has 0 radical (unpaired) electrons. The van der Waals surface area contributed by atoms with Gasteiger partial charge < -0.3 is 0 Å². The van der Waals surface area contributed by atoms with E-state index in [1.807, 2.05) is 47.0 Å². The zero-order valence-corrected chi connectivity index (χ0v) is 13.1. The SMILES string of the molecule is Clc1cccc(-c2nn3c(Cc4ccccc4)nnc3s2)c1. The number of benzene rings is 2. The minimum absolute atomic E-state index is 0.702. The minimum Gasteiger partial charge on any atom is -0.187 e. The molecular formula is C16H11ClN4S. The minimum atomic E-state index is 0.702. The van der Waals surface area contributed by atoms with Crippen molar-refractivity contribution in [2.45, 2.75) is 6.42 Å². The van der Waals surface area contributed by atoms with Crippen molar-refractivity contribution >= 4 is 27.9 Å². The van der Waals surface area contributed by atoms with Gasteiger partial charge in [-0.2, -0.15) is 9.61 Å². The third-order valence-corrected chi connectivity index (χ3v) is 4.52. The second-order valence-corrected chi connectivity index (χ2v) is 6.28. The maximum atomic E-state index is 6.05. The monoisotopic (exact) mass is 326 g/mol. The predicted molar refractivity (Wildman–Crippen MR) is 88.4 cm³/mol. The van der Waals surface area contributed by atoms with E-state index in [9.17, 15) is 0 Å². The van der Waals surface area contributed by atoms with Gasteiger partial charge in [-0.05, 0) is 17.7 Å². The van der Waals surface area contributed by atoms with Crippen LogP contribution in [0.5, 0.6) is 0 Å². The molecule has 4 nitrogen and oxygen atoms in total. The summed E-state index contributed by atoms with van der Waals surface area (Å²) in [4.78, 5) is 0.793. The molecule has 0 saturated carbocycles. The van der Waals surface area contributed by atoms with Crippen molar-refractivity contribution < 1.29 is 0 Å². The first kappa shape index (κ1) is 13.4. The van der Waals surface area contributed by atoms with Gasteiger partial charge in [0, 0.05) is 17.0 Å². The Morgan fingerprint density at radius 1 is 1.00 bits per heavy atom. The molecule has 0 fully saturated rings. The molecule has 0 saturated heterocycles. The van der Waals surface area contributed by atoms with E-state index in [2.05, 4.69) is 27.4 Å². The van der Waals surface area contributed by atoms with Crippen molar-refractivity contribution in [3.8, 4) is 10.6 Å². The third-order valence-electron chi connectivity index (χ3n) is 3.33. The Morgan fingerprint density at radius 2 is 1.86 bits per heavy atom. The largest absolute Gasteiger partial charge is 0.234 e. The van der Waals surface area contributed by atoms with Crippen molar-refractivity contribution in [1.29, 1.82) is 0 Å². The van der Waals surface area contributed by atoms with Crippen LogP contribution in [0, 0.1) is 0 Å². The summed E-state index contributed by atoms with van der Waals surface area (Å²) >= 11 is 7.56. The van der Waals surface area contributed by atoms with Crippen molar-refractivity contribution in [2.75, 3.05) is 0 Å². The molecule has 6 heteroatoms. The topological polar surface area (TPSA) is 43.1 Å². The van der Waals surface area contributed by atoms with Gasteiger partial charge in [0.05, 0.1) is 0 Å². The van der Waals surface area contributed by atoms with E-state index in [0.717, 1.165) is 21.4 Å². The molecule has 2 heterocycles. The molecule has 0 bridgehead atoms. The first-order valence-corrected chi connectivity index (χ1v) is 8.00. The van der Waals surface area contributed by atoms with Gasteiger partial charge in [0.25, 0.3) is 0 Å². The highest BCUT2D eigenvalue weighted by Gasteiger charge is 2.13. The Labute approximate surface area is 136 Å². The average Bonchev–Trinajstić information content (AvgIpc) is 3.11.